The van der Waals surface area contributed by atoms with E-state index >= 15 is 0 Å². The van der Waals surface area contributed by atoms with Crippen LogP contribution in [-0.4, -0.2) is 49.1 Å². The SMILES string of the molecule is COCCNc1ccc(C(=O)N2CCCC(C)C2)nc1. The van der Waals surface area contributed by atoms with E-state index in [4.69, 9.17) is 4.74 Å². The molecule has 110 valence electrons. The zero-order chi connectivity index (χ0) is 14.4. The molecule has 0 aliphatic carbocycles. The molecule has 5 nitrogen and oxygen atoms in total. The maximum Gasteiger partial charge on any atom is 0.272 e. The molecule has 1 amide bonds. The second-order valence-corrected chi connectivity index (χ2v) is 5.35. The lowest BCUT2D eigenvalue weighted by Gasteiger charge is -2.30. The third kappa shape index (κ3) is 3.93. The van der Waals surface area contributed by atoms with Gasteiger partial charge in [0.25, 0.3) is 5.91 Å². The van der Waals surface area contributed by atoms with Crippen molar-refractivity contribution in [2.24, 2.45) is 5.92 Å². The quantitative estimate of drug-likeness (QED) is 0.837. The number of carbonyl (C=O) groups excluding carboxylic acids is 1. The highest BCUT2D eigenvalue weighted by atomic mass is 16.5. The van der Waals surface area contributed by atoms with Crippen LogP contribution in [0.25, 0.3) is 0 Å². The Labute approximate surface area is 120 Å². The minimum absolute atomic E-state index is 0.0417. The number of aromatic nitrogens is 1. The Bertz CT molecular complexity index is 433. The summed E-state index contributed by atoms with van der Waals surface area (Å²) in [6.07, 6.45) is 4.00. The second-order valence-electron chi connectivity index (χ2n) is 5.35. The average Bonchev–Trinajstić information content (AvgIpc) is 2.47. The van der Waals surface area contributed by atoms with Gasteiger partial charge in [-0.2, -0.15) is 0 Å². The van der Waals surface area contributed by atoms with Crippen molar-refractivity contribution in [1.29, 1.82) is 0 Å². The monoisotopic (exact) mass is 277 g/mol. The summed E-state index contributed by atoms with van der Waals surface area (Å²) in [4.78, 5) is 18.5. The van der Waals surface area contributed by atoms with Crippen LogP contribution >= 0.6 is 0 Å². The number of rotatable bonds is 5. The first-order valence-electron chi connectivity index (χ1n) is 7.19. The first-order chi connectivity index (χ1) is 9.70. The number of methoxy groups -OCH3 is 1. The van der Waals surface area contributed by atoms with E-state index in [2.05, 4.69) is 17.2 Å². The topological polar surface area (TPSA) is 54.5 Å². The molecule has 0 bridgehead atoms. The Morgan fingerprint density at radius 1 is 1.55 bits per heavy atom. The maximum absolute atomic E-state index is 12.3. The highest BCUT2D eigenvalue weighted by Crippen LogP contribution is 2.17. The number of anilines is 1. The van der Waals surface area contributed by atoms with E-state index in [1.165, 1.54) is 6.42 Å². The number of ether oxygens (including phenoxy) is 1. The number of likely N-dealkylation sites (tertiary alicyclic amines) is 1. The van der Waals surface area contributed by atoms with Gasteiger partial charge in [-0.25, -0.2) is 4.98 Å². The van der Waals surface area contributed by atoms with Crippen molar-refractivity contribution in [3.05, 3.63) is 24.0 Å². The molecule has 0 spiro atoms. The zero-order valence-electron chi connectivity index (χ0n) is 12.3. The van der Waals surface area contributed by atoms with Gasteiger partial charge in [-0.05, 0) is 30.9 Å². The summed E-state index contributed by atoms with van der Waals surface area (Å²) in [6.45, 7) is 5.25. The number of piperidine rings is 1. The van der Waals surface area contributed by atoms with E-state index in [0.29, 0.717) is 18.2 Å². The van der Waals surface area contributed by atoms with Crippen LogP contribution in [0.3, 0.4) is 0 Å². The first-order valence-corrected chi connectivity index (χ1v) is 7.19. The van der Waals surface area contributed by atoms with Gasteiger partial charge in [0.15, 0.2) is 0 Å². The van der Waals surface area contributed by atoms with Crippen molar-refractivity contribution < 1.29 is 9.53 Å². The van der Waals surface area contributed by atoms with Crippen LogP contribution in [0.5, 0.6) is 0 Å². The Morgan fingerprint density at radius 2 is 2.40 bits per heavy atom. The smallest absolute Gasteiger partial charge is 0.272 e. The van der Waals surface area contributed by atoms with Gasteiger partial charge in [0, 0.05) is 26.7 Å². The van der Waals surface area contributed by atoms with Gasteiger partial charge in [0.1, 0.15) is 5.69 Å². The first kappa shape index (κ1) is 14.8. The van der Waals surface area contributed by atoms with E-state index in [1.54, 1.807) is 19.4 Å². The molecule has 0 radical (unpaired) electrons. The van der Waals surface area contributed by atoms with Gasteiger partial charge in [-0.1, -0.05) is 6.92 Å². The lowest BCUT2D eigenvalue weighted by atomic mass is 10.00. The number of carbonyl (C=O) groups is 1. The third-order valence-corrected chi connectivity index (χ3v) is 3.56. The minimum Gasteiger partial charge on any atom is -0.383 e. The standard InChI is InChI=1S/C15H23N3O2/c1-12-4-3-8-18(11-12)15(19)14-6-5-13(10-17-14)16-7-9-20-2/h5-6,10,12,16H,3-4,7-9,11H2,1-2H3. The molecular formula is C15H23N3O2. The van der Waals surface area contributed by atoms with Crippen molar-refractivity contribution in [1.82, 2.24) is 9.88 Å². The lowest BCUT2D eigenvalue weighted by molar-refractivity contribution is 0.0677. The molecule has 1 aliphatic rings. The van der Waals surface area contributed by atoms with Crippen molar-refractivity contribution >= 4 is 11.6 Å². The van der Waals surface area contributed by atoms with Gasteiger partial charge in [-0.3, -0.25) is 4.79 Å². The Balaban J connectivity index is 1.93. The molecule has 5 heteroatoms. The zero-order valence-corrected chi connectivity index (χ0v) is 12.3. The third-order valence-electron chi connectivity index (χ3n) is 3.56. The lowest BCUT2D eigenvalue weighted by Crippen LogP contribution is -2.39. The second kappa shape index (κ2) is 7.24. The summed E-state index contributed by atoms with van der Waals surface area (Å²) in [6, 6.07) is 3.68. The van der Waals surface area contributed by atoms with Crippen molar-refractivity contribution in [3.63, 3.8) is 0 Å². The van der Waals surface area contributed by atoms with E-state index < -0.39 is 0 Å². The molecular weight excluding hydrogens is 254 g/mol. The fraction of sp³-hybridized carbons (Fsp3) is 0.600. The summed E-state index contributed by atoms with van der Waals surface area (Å²) in [5.41, 5.74) is 1.43. The minimum atomic E-state index is 0.0417. The molecule has 1 saturated heterocycles. The fourth-order valence-electron chi connectivity index (χ4n) is 2.46. The fourth-order valence-corrected chi connectivity index (χ4v) is 2.46. The molecule has 2 heterocycles. The highest BCUT2D eigenvalue weighted by Gasteiger charge is 2.22. The molecule has 0 aromatic carbocycles. The van der Waals surface area contributed by atoms with Gasteiger partial charge in [0.05, 0.1) is 18.5 Å². The number of hydrogen-bond donors (Lipinski definition) is 1. The summed E-state index contributed by atoms with van der Waals surface area (Å²) in [5.74, 6) is 0.627. The molecule has 1 aromatic rings. The predicted octanol–water partition coefficient (Wildman–Crippen LogP) is 2.01. The average molecular weight is 277 g/mol. The number of nitrogens with one attached hydrogen (secondary N) is 1. The number of hydrogen-bond acceptors (Lipinski definition) is 4. The summed E-state index contributed by atoms with van der Waals surface area (Å²) >= 11 is 0. The summed E-state index contributed by atoms with van der Waals surface area (Å²) in [7, 11) is 1.67. The Kier molecular flexibility index (Phi) is 5.35. The van der Waals surface area contributed by atoms with Gasteiger partial charge in [0.2, 0.25) is 0 Å². The molecule has 20 heavy (non-hydrogen) atoms. The number of pyridine rings is 1. The van der Waals surface area contributed by atoms with Crippen molar-refractivity contribution in [2.75, 3.05) is 38.7 Å². The van der Waals surface area contributed by atoms with Crippen LogP contribution in [0, 0.1) is 5.92 Å². The maximum atomic E-state index is 12.3. The van der Waals surface area contributed by atoms with Crippen LogP contribution in [0.2, 0.25) is 0 Å². The largest absolute Gasteiger partial charge is 0.383 e. The molecule has 1 fully saturated rings. The van der Waals surface area contributed by atoms with Crippen molar-refractivity contribution in [3.8, 4) is 0 Å². The Morgan fingerprint density at radius 3 is 3.05 bits per heavy atom. The van der Waals surface area contributed by atoms with Crippen LogP contribution in [0.15, 0.2) is 18.3 Å². The van der Waals surface area contributed by atoms with Crippen LogP contribution in [0.1, 0.15) is 30.3 Å². The Hall–Kier alpha value is -1.62. The molecule has 1 N–H and O–H groups in total. The number of amides is 1. The van der Waals surface area contributed by atoms with Crippen LogP contribution in [-0.2, 0) is 4.74 Å². The normalized spacial score (nSPS) is 18.9. The van der Waals surface area contributed by atoms with E-state index in [9.17, 15) is 4.79 Å². The van der Waals surface area contributed by atoms with Gasteiger partial charge >= 0.3 is 0 Å². The summed E-state index contributed by atoms with van der Waals surface area (Å²) in [5, 5.41) is 3.19. The van der Waals surface area contributed by atoms with Gasteiger partial charge < -0.3 is 15.0 Å². The highest BCUT2D eigenvalue weighted by molar-refractivity contribution is 5.92. The van der Waals surface area contributed by atoms with E-state index in [-0.39, 0.29) is 5.91 Å². The molecule has 2 rings (SSSR count). The molecule has 0 saturated carbocycles. The van der Waals surface area contributed by atoms with Crippen LogP contribution in [0.4, 0.5) is 5.69 Å². The molecule has 1 atom stereocenters. The predicted molar refractivity (Wildman–Crippen MR) is 78.9 cm³/mol. The van der Waals surface area contributed by atoms with E-state index in [1.807, 2.05) is 11.0 Å². The summed E-state index contributed by atoms with van der Waals surface area (Å²) < 4.78 is 4.97. The molecule has 1 unspecified atom stereocenters. The van der Waals surface area contributed by atoms with E-state index in [0.717, 1.165) is 31.7 Å². The van der Waals surface area contributed by atoms with Crippen molar-refractivity contribution in [2.45, 2.75) is 19.8 Å². The number of nitrogens with zero attached hydrogens (tertiary/aromatic N) is 2. The molecule has 1 aromatic heterocycles. The van der Waals surface area contributed by atoms with Crippen LogP contribution < -0.4 is 5.32 Å². The molecule has 1 aliphatic heterocycles. The van der Waals surface area contributed by atoms with Gasteiger partial charge in [-0.15, -0.1) is 0 Å².